The van der Waals surface area contributed by atoms with Crippen molar-refractivity contribution < 1.29 is 14.6 Å². The van der Waals surface area contributed by atoms with Crippen molar-refractivity contribution in [3.63, 3.8) is 0 Å². The SMILES string of the molecule is CCC(CO)NC(=O)C(C)Oc1ccc(Cl)cc1. The van der Waals surface area contributed by atoms with E-state index in [0.717, 1.165) is 0 Å². The number of ether oxygens (including phenoxy) is 1. The molecule has 2 unspecified atom stereocenters. The Balaban J connectivity index is 2.51. The van der Waals surface area contributed by atoms with Gasteiger partial charge in [0.15, 0.2) is 6.10 Å². The molecule has 0 heterocycles. The fourth-order valence-electron chi connectivity index (χ4n) is 1.37. The molecule has 5 heteroatoms. The molecule has 2 N–H and O–H groups in total. The molecule has 0 aliphatic heterocycles. The van der Waals surface area contributed by atoms with Crippen LogP contribution in [0.15, 0.2) is 24.3 Å². The van der Waals surface area contributed by atoms with E-state index in [-0.39, 0.29) is 18.6 Å². The number of amides is 1. The summed E-state index contributed by atoms with van der Waals surface area (Å²) in [6.45, 7) is 3.48. The lowest BCUT2D eigenvalue weighted by Gasteiger charge is -2.19. The molecule has 1 aromatic rings. The van der Waals surface area contributed by atoms with Crippen molar-refractivity contribution in [3.05, 3.63) is 29.3 Å². The van der Waals surface area contributed by atoms with Gasteiger partial charge in [-0.3, -0.25) is 4.79 Å². The normalized spacial score (nSPS) is 13.8. The Labute approximate surface area is 112 Å². The van der Waals surface area contributed by atoms with Gasteiger partial charge in [0.1, 0.15) is 5.75 Å². The van der Waals surface area contributed by atoms with Crippen LogP contribution in [0.2, 0.25) is 5.02 Å². The predicted molar refractivity (Wildman–Crippen MR) is 70.8 cm³/mol. The molecule has 0 aliphatic carbocycles. The molecule has 0 spiro atoms. The molecule has 0 bridgehead atoms. The van der Waals surface area contributed by atoms with Crippen LogP contribution in [0.5, 0.6) is 5.75 Å². The monoisotopic (exact) mass is 271 g/mol. The van der Waals surface area contributed by atoms with Crippen LogP contribution in [-0.2, 0) is 4.79 Å². The predicted octanol–water partition coefficient (Wildman–Crippen LogP) is 1.99. The van der Waals surface area contributed by atoms with E-state index in [0.29, 0.717) is 17.2 Å². The van der Waals surface area contributed by atoms with Gasteiger partial charge < -0.3 is 15.2 Å². The van der Waals surface area contributed by atoms with Gasteiger partial charge in [-0.15, -0.1) is 0 Å². The van der Waals surface area contributed by atoms with Crippen LogP contribution >= 0.6 is 11.6 Å². The number of aliphatic hydroxyl groups excluding tert-OH is 1. The first-order valence-corrected chi connectivity index (χ1v) is 6.28. The molecule has 0 aliphatic rings. The van der Waals surface area contributed by atoms with Gasteiger partial charge >= 0.3 is 0 Å². The average Bonchev–Trinajstić information content (AvgIpc) is 2.38. The van der Waals surface area contributed by atoms with Crippen LogP contribution in [0.1, 0.15) is 20.3 Å². The molecular formula is C13H18ClNO3. The molecule has 1 aromatic carbocycles. The quantitative estimate of drug-likeness (QED) is 0.832. The standard InChI is InChI=1S/C13H18ClNO3/c1-3-11(8-16)15-13(17)9(2)18-12-6-4-10(14)5-7-12/h4-7,9,11,16H,3,8H2,1-2H3,(H,15,17). The van der Waals surface area contributed by atoms with Crippen molar-refractivity contribution in [2.24, 2.45) is 0 Å². The molecule has 18 heavy (non-hydrogen) atoms. The Bertz CT molecular complexity index is 376. The summed E-state index contributed by atoms with van der Waals surface area (Å²) in [5.74, 6) is 0.338. The zero-order valence-corrected chi connectivity index (χ0v) is 11.3. The summed E-state index contributed by atoms with van der Waals surface area (Å²) in [4.78, 5) is 11.8. The van der Waals surface area contributed by atoms with E-state index < -0.39 is 6.10 Å². The molecule has 0 radical (unpaired) electrons. The number of aliphatic hydroxyl groups is 1. The summed E-state index contributed by atoms with van der Waals surface area (Å²) in [7, 11) is 0. The van der Waals surface area contributed by atoms with Gasteiger partial charge in [0.05, 0.1) is 12.6 Å². The maximum absolute atomic E-state index is 11.8. The van der Waals surface area contributed by atoms with E-state index in [1.165, 1.54) is 0 Å². The molecule has 0 aromatic heterocycles. The summed E-state index contributed by atoms with van der Waals surface area (Å²) >= 11 is 5.75. The molecule has 2 atom stereocenters. The summed E-state index contributed by atoms with van der Waals surface area (Å²) < 4.78 is 5.47. The molecule has 1 rings (SSSR count). The van der Waals surface area contributed by atoms with Crippen molar-refractivity contribution >= 4 is 17.5 Å². The highest BCUT2D eigenvalue weighted by molar-refractivity contribution is 6.30. The highest BCUT2D eigenvalue weighted by Crippen LogP contribution is 2.16. The number of nitrogens with one attached hydrogen (secondary N) is 1. The lowest BCUT2D eigenvalue weighted by Crippen LogP contribution is -2.43. The van der Waals surface area contributed by atoms with Crippen LogP contribution in [0.25, 0.3) is 0 Å². The van der Waals surface area contributed by atoms with Gasteiger partial charge in [-0.2, -0.15) is 0 Å². The summed E-state index contributed by atoms with van der Waals surface area (Å²) in [6, 6.07) is 6.58. The van der Waals surface area contributed by atoms with Gasteiger partial charge in [0.25, 0.3) is 5.91 Å². The van der Waals surface area contributed by atoms with Crippen LogP contribution in [0.3, 0.4) is 0 Å². The molecule has 0 fully saturated rings. The molecule has 1 amide bonds. The topological polar surface area (TPSA) is 58.6 Å². The van der Waals surface area contributed by atoms with E-state index >= 15 is 0 Å². The highest BCUT2D eigenvalue weighted by atomic mass is 35.5. The zero-order valence-electron chi connectivity index (χ0n) is 10.5. The Morgan fingerprint density at radius 2 is 2.06 bits per heavy atom. The number of rotatable bonds is 6. The fourth-order valence-corrected chi connectivity index (χ4v) is 1.49. The maximum Gasteiger partial charge on any atom is 0.261 e. The van der Waals surface area contributed by atoms with Crippen molar-refractivity contribution in [3.8, 4) is 5.75 Å². The molecule has 100 valence electrons. The van der Waals surface area contributed by atoms with Gasteiger partial charge in [0, 0.05) is 5.02 Å². The van der Waals surface area contributed by atoms with Gasteiger partial charge in [-0.25, -0.2) is 0 Å². The average molecular weight is 272 g/mol. The van der Waals surface area contributed by atoms with E-state index in [1.807, 2.05) is 6.92 Å². The largest absolute Gasteiger partial charge is 0.481 e. The second kappa shape index (κ2) is 7.24. The minimum atomic E-state index is -0.619. The van der Waals surface area contributed by atoms with E-state index in [4.69, 9.17) is 21.4 Å². The fraction of sp³-hybridized carbons (Fsp3) is 0.462. The number of carbonyl (C=O) groups excluding carboxylic acids is 1. The third-order valence-corrected chi connectivity index (χ3v) is 2.81. The number of hydrogen-bond donors (Lipinski definition) is 2. The lowest BCUT2D eigenvalue weighted by atomic mass is 10.2. The Hall–Kier alpha value is -1.26. The minimum Gasteiger partial charge on any atom is -0.481 e. The van der Waals surface area contributed by atoms with Crippen molar-refractivity contribution in [2.75, 3.05) is 6.61 Å². The first kappa shape index (κ1) is 14.8. The molecular weight excluding hydrogens is 254 g/mol. The van der Waals surface area contributed by atoms with Crippen molar-refractivity contribution in [2.45, 2.75) is 32.4 Å². The van der Waals surface area contributed by atoms with Crippen LogP contribution < -0.4 is 10.1 Å². The Morgan fingerprint density at radius 1 is 1.44 bits per heavy atom. The van der Waals surface area contributed by atoms with E-state index in [1.54, 1.807) is 31.2 Å². The van der Waals surface area contributed by atoms with Crippen molar-refractivity contribution in [1.82, 2.24) is 5.32 Å². The highest BCUT2D eigenvalue weighted by Gasteiger charge is 2.17. The smallest absolute Gasteiger partial charge is 0.261 e. The second-order valence-electron chi connectivity index (χ2n) is 4.01. The first-order valence-electron chi connectivity index (χ1n) is 5.90. The summed E-state index contributed by atoms with van der Waals surface area (Å²) in [5.41, 5.74) is 0. The number of carbonyl (C=O) groups is 1. The third-order valence-electron chi connectivity index (χ3n) is 2.56. The molecule has 0 saturated carbocycles. The van der Waals surface area contributed by atoms with Crippen molar-refractivity contribution in [1.29, 1.82) is 0 Å². The number of halogens is 1. The summed E-state index contributed by atoms with van der Waals surface area (Å²) in [6.07, 6.45) is 0.0578. The molecule has 4 nitrogen and oxygen atoms in total. The Morgan fingerprint density at radius 3 is 2.56 bits per heavy atom. The first-order chi connectivity index (χ1) is 8.56. The van der Waals surface area contributed by atoms with Gasteiger partial charge in [0.2, 0.25) is 0 Å². The third kappa shape index (κ3) is 4.55. The Kier molecular flexibility index (Phi) is 5.95. The van der Waals surface area contributed by atoms with E-state index in [9.17, 15) is 4.79 Å². The molecule has 0 saturated heterocycles. The van der Waals surface area contributed by atoms with Gasteiger partial charge in [-0.1, -0.05) is 18.5 Å². The second-order valence-corrected chi connectivity index (χ2v) is 4.45. The van der Waals surface area contributed by atoms with Crippen LogP contribution in [-0.4, -0.2) is 29.8 Å². The maximum atomic E-state index is 11.8. The van der Waals surface area contributed by atoms with Crippen LogP contribution in [0.4, 0.5) is 0 Å². The van der Waals surface area contributed by atoms with Crippen LogP contribution in [0, 0.1) is 0 Å². The number of benzene rings is 1. The van der Waals surface area contributed by atoms with Gasteiger partial charge in [-0.05, 0) is 37.6 Å². The lowest BCUT2D eigenvalue weighted by molar-refractivity contribution is -0.128. The van der Waals surface area contributed by atoms with E-state index in [2.05, 4.69) is 5.32 Å². The zero-order chi connectivity index (χ0) is 13.5. The summed E-state index contributed by atoms with van der Waals surface area (Å²) in [5, 5.41) is 12.3. The number of hydrogen-bond acceptors (Lipinski definition) is 3. The minimum absolute atomic E-state index is 0.0735.